The number of nitrogens with zero attached hydrogens (tertiary/aromatic N) is 2. The molecule has 4 aromatic rings. The number of carbonyl (C=O) groups excluding carboxylic acids is 1. The Hall–Kier alpha value is -3.76. The molecule has 0 aliphatic heterocycles. The van der Waals surface area contributed by atoms with Gasteiger partial charge in [0, 0.05) is 11.3 Å². The van der Waals surface area contributed by atoms with Gasteiger partial charge in [0.05, 0.1) is 0 Å². The molecule has 4 rings (SSSR count). The molecule has 0 bridgehead atoms. The third-order valence-corrected chi connectivity index (χ3v) is 6.92. The number of sulfonamides is 1. The zero-order valence-corrected chi connectivity index (χ0v) is 18.5. The minimum absolute atomic E-state index is 0.0882. The van der Waals surface area contributed by atoms with Crippen LogP contribution < -0.4 is 14.8 Å². The lowest BCUT2D eigenvalue weighted by Crippen LogP contribution is -2.13. The summed E-state index contributed by atoms with van der Waals surface area (Å²) in [5.74, 6) is 0.858. The Kier molecular flexibility index (Phi) is 6.15. The highest BCUT2D eigenvalue weighted by atomic mass is 32.2. The number of aromatic nitrogens is 2. The first-order valence-corrected chi connectivity index (χ1v) is 11.8. The van der Waals surface area contributed by atoms with E-state index in [9.17, 15) is 13.2 Å². The smallest absolute Gasteiger partial charge is 0.291 e. The minimum atomic E-state index is -3.97. The molecule has 0 saturated carbocycles. The molecule has 0 fully saturated rings. The van der Waals surface area contributed by atoms with Crippen LogP contribution in [0, 0.1) is 6.92 Å². The highest BCUT2D eigenvalue weighted by molar-refractivity contribution is 7.94. The Bertz CT molecular complexity index is 1340. The number of rotatable bonds is 7. The molecule has 10 heteroatoms. The van der Waals surface area contributed by atoms with Crippen LogP contribution in [0.2, 0.25) is 0 Å². The van der Waals surface area contributed by atoms with Crippen molar-refractivity contribution in [1.29, 1.82) is 0 Å². The van der Waals surface area contributed by atoms with Gasteiger partial charge in [-0.25, -0.2) is 0 Å². The Morgan fingerprint density at radius 2 is 1.53 bits per heavy atom. The average molecular weight is 467 g/mol. The second-order valence-electron chi connectivity index (χ2n) is 6.69. The van der Waals surface area contributed by atoms with Crippen LogP contribution in [0.3, 0.4) is 0 Å². The van der Waals surface area contributed by atoms with E-state index >= 15 is 0 Å². The van der Waals surface area contributed by atoms with Gasteiger partial charge in [0.25, 0.3) is 20.3 Å². The number of amides is 1. The average Bonchev–Trinajstić information content (AvgIpc) is 3.25. The van der Waals surface area contributed by atoms with Crippen LogP contribution in [0.25, 0.3) is 0 Å². The fourth-order valence-corrected chi connectivity index (χ4v) is 4.73. The Morgan fingerprint density at radius 3 is 2.25 bits per heavy atom. The van der Waals surface area contributed by atoms with Crippen molar-refractivity contribution in [3.63, 3.8) is 0 Å². The number of para-hydroxylation sites is 1. The lowest BCUT2D eigenvalue weighted by atomic mass is 10.1. The molecule has 0 atom stereocenters. The molecule has 0 unspecified atom stereocenters. The zero-order valence-electron chi connectivity index (χ0n) is 16.8. The van der Waals surface area contributed by atoms with Gasteiger partial charge < -0.3 is 4.74 Å². The largest absolute Gasteiger partial charge is 0.457 e. The van der Waals surface area contributed by atoms with Crippen LogP contribution in [0.15, 0.2) is 83.2 Å². The molecular formula is C22H18N4O4S2. The second kappa shape index (κ2) is 9.16. The van der Waals surface area contributed by atoms with Gasteiger partial charge in [-0.1, -0.05) is 47.7 Å². The number of hydrogen-bond donors (Lipinski definition) is 2. The lowest BCUT2D eigenvalue weighted by Gasteiger charge is -2.08. The summed E-state index contributed by atoms with van der Waals surface area (Å²) >= 11 is 0.764. The monoisotopic (exact) mass is 466 g/mol. The van der Waals surface area contributed by atoms with Gasteiger partial charge in [-0.2, -0.15) is 8.42 Å². The molecule has 0 spiro atoms. The number of carbonyl (C=O) groups is 1. The summed E-state index contributed by atoms with van der Waals surface area (Å²) < 4.78 is 33.2. The van der Waals surface area contributed by atoms with E-state index < -0.39 is 10.0 Å². The van der Waals surface area contributed by atoms with E-state index in [1.807, 2.05) is 49.4 Å². The minimum Gasteiger partial charge on any atom is -0.457 e. The Balaban J connectivity index is 1.42. The van der Waals surface area contributed by atoms with Crippen LogP contribution >= 0.6 is 11.3 Å². The highest BCUT2D eigenvalue weighted by Crippen LogP contribution is 2.26. The van der Waals surface area contributed by atoms with Crippen LogP contribution in [0.5, 0.6) is 11.5 Å². The van der Waals surface area contributed by atoms with Crippen molar-refractivity contribution in [2.24, 2.45) is 0 Å². The number of nitrogens with one attached hydrogen (secondary N) is 2. The van der Waals surface area contributed by atoms with Gasteiger partial charge in [-0.05, 0) is 55.0 Å². The standard InChI is InChI=1S/C22H18N4O4S2/c1-15-7-5-6-10-19(15)20(27)23-21-24-25-22(31-21)32(28,29)26-16-11-13-18(14-12-16)30-17-8-3-2-4-9-17/h2-14,26H,1H3,(H,23,24,27). The number of ether oxygens (including phenoxy) is 1. The first kappa shape index (κ1) is 21.5. The predicted molar refractivity (Wildman–Crippen MR) is 123 cm³/mol. The first-order valence-electron chi connectivity index (χ1n) is 9.47. The highest BCUT2D eigenvalue weighted by Gasteiger charge is 2.21. The summed E-state index contributed by atoms with van der Waals surface area (Å²) in [5.41, 5.74) is 1.61. The fourth-order valence-electron chi connectivity index (χ4n) is 2.78. The van der Waals surface area contributed by atoms with E-state index in [2.05, 4.69) is 20.2 Å². The van der Waals surface area contributed by atoms with E-state index in [0.29, 0.717) is 22.7 Å². The van der Waals surface area contributed by atoms with Crippen molar-refractivity contribution >= 4 is 38.1 Å². The maximum absolute atomic E-state index is 12.7. The van der Waals surface area contributed by atoms with Gasteiger partial charge in [-0.3, -0.25) is 14.8 Å². The van der Waals surface area contributed by atoms with E-state index in [1.165, 1.54) is 0 Å². The van der Waals surface area contributed by atoms with E-state index in [1.54, 1.807) is 36.4 Å². The molecule has 1 heterocycles. The first-order chi connectivity index (χ1) is 15.4. The molecule has 0 aliphatic carbocycles. The summed E-state index contributed by atoms with van der Waals surface area (Å²) in [4.78, 5) is 12.4. The van der Waals surface area contributed by atoms with Gasteiger partial charge in [-0.15, -0.1) is 10.2 Å². The van der Waals surface area contributed by atoms with Crippen LogP contribution in [-0.4, -0.2) is 24.5 Å². The van der Waals surface area contributed by atoms with Gasteiger partial charge >= 0.3 is 0 Å². The van der Waals surface area contributed by atoms with Crippen molar-refractivity contribution in [1.82, 2.24) is 10.2 Å². The molecule has 1 amide bonds. The maximum atomic E-state index is 12.7. The lowest BCUT2D eigenvalue weighted by molar-refractivity contribution is 0.102. The second-order valence-corrected chi connectivity index (χ2v) is 9.52. The molecule has 2 N–H and O–H groups in total. The third kappa shape index (κ3) is 5.10. The summed E-state index contributed by atoms with van der Waals surface area (Å²) in [6, 6.07) is 22.8. The van der Waals surface area contributed by atoms with Crippen LogP contribution in [0.1, 0.15) is 15.9 Å². The molecule has 32 heavy (non-hydrogen) atoms. The van der Waals surface area contributed by atoms with Gasteiger partial charge in [0.15, 0.2) is 0 Å². The number of aryl methyl sites for hydroxylation is 1. The van der Waals surface area contributed by atoms with Crippen molar-refractivity contribution in [2.45, 2.75) is 11.3 Å². The topological polar surface area (TPSA) is 110 Å². The van der Waals surface area contributed by atoms with Crippen LogP contribution in [-0.2, 0) is 10.0 Å². The van der Waals surface area contributed by atoms with Crippen molar-refractivity contribution in [2.75, 3.05) is 10.0 Å². The van der Waals surface area contributed by atoms with Gasteiger partial charge in [0.1, 0.15) is 11.5 Å². The summed E-state index contributed by atoms with van der Waals surface area (Å²) in [7, 11) is -3.97. The van der Waals surface area contributed by atoms with E-state index in [-0.39, 0.29) is 15.4 Å². The fraction of sp³-hybridized carbons (Fsp3) is 0.0455. The zero-order chi connectivity index (χ0) is 22.6. The predicted octanol–water partition coefficient (Wildman–Crippen LogP) is 4.69. The van der Waals surface area contributed by atoms with E-state index in [0.717, 1.165) is 16.9 Å². The molecule has 0 aliphatic rings. The molecule has 162 valence electrons. The van der Waals surface area contributed by atoms with Gasteiger partial charge in [0.2, 0.25) is 5.13 Å². The number of hydrogen-bond acceptors (Lipinski definition) is 7. The Labute approximate surface area is 189 Å². The third-order valence-electron chi connectivity index (χ3n) is 4.33. The molecule has 3 aromatic carbocycles. The molecule has 1 aromatic heterocycles. The summed E-state index contributed by atoms with van der Waals surface area (Å²) in [6.07, 6.45) is 0. The maximum Gasteiger partial charge on any atom is 0.291 e. The molecule has 0 radical (unpaired) electrons. The summed E-state index contributed by atoms with van der Waals surface area (Å²) in [5, 5.41) is 10.2. The molecule has 8 nitrogen and oxygen atoms in total. The number of benzene rings is 3. The van der Waals surface area contributed by atoms with Crippen LogP contribution in [0.4, 0.5) is 10.8 Å². The molecule has 0 saturated heterocycles. The Morgan fingerprint density at radius 1 is 0.875 bits per heavy atom. The van der Waals surface area contributed by atoms with Crippen molar-refractivity contribution in [3.8, 4) is 11.5 Å². The molecular weight excluding hydrogens is 448 g/mol. The quantitative estimate of drug-likeness (QED) is 0.382. The normalized spacial score (nSPS) is 11.0. The number of anilines is 2. The SMILES string of the molecule is Cc1ccccc1C(=O)Nc1nnc(S(=O)(=O)Nc2ccc(Oc3ccccc3)cc2)s1. The van der Waals surface area contributed by atoms with Crippen molar-refractivity contribution < 1.29 is 17.9 Å². The summed E-state index contributed by atoms with van der Waals surface area (Å²) in [6.45, 7) is 1.81. The van der Waals surface area contributed by atoms with E-state index in [4.69, 9.17) is 4.74 Å². The van der Waals surface area contributed by atoms with Crippen molar-refractivity contribution in [3.05, 3.63) is 90.0 Å².